The van der Waals surface area contributed by atoms with Crippen LogP contribution < -0.4 is 5.32 Å². The number of hydrogen-bond donors (Lipinski definition) is 1. The van der Waals surface area contributed by atoms with Crippen molar-refractivity contribution in [3.63, 3.8) is 0 Å². The Labute approximate surface area is 98.7 Å². The second kappa shape index (κ2) is 10.9. The molecular formula is C12H25NO3. The molecule has 0 spiro atoms. The predicted molar refractivity (Wildman–Crippen MR) is 64.4 cm³/mol. The molecule has 16 heavy (non-hydrogen) atoms. The van der Waals surface area contributed by atoms with Gasteiger partial charge in [-0.15, -0.1) is 0 Å². The van der Waals surface area contributed by atoms with E-state index in [1.165, 1.54) is 0 Å². The Morgan fingerprint density at radius 1 is 1.25 bits per heavy atom. The third-order valence-corrected chi connectivity index (χ3v) is 2.21. The Kier molecular flexibility index (Phi) is 10.5. The first-order chi connectivity index (χ1) is 7.76. The van der Waals surface area contributed by atoms with Gasteiger partial charge in [-0.3, -0.25) is 4.79 Å². The van der Waals surface area contributed by atoms with Gasteiger partial charge in [0, 0.05) is 13.2 Å². The summed E-state index contributed by atoms with van der Waals surface area (Å²) in [5.41, 5.74) is 0. The third-order valence-electron chi connectivity index (χ3n) is 2.21. The molecular weight excluding hydrogens is 206 g/mol. The van der Waals surface area contributed by atoms with Gasteiger partial charge >= 0.3 is 5.97 Å². The van der Waals surface area contributed by atoms with Crippen molar-refractivity contribution in [3.05, 3.63) is 0 Å². The number of rotatable bonds is 10. The molecule has 0 aromatic heterocycles. The van der Waals surface area contributed by atoms with E-state index in [0.29, 0.717) is 6.61 Å². The second-order valence-corrected chi connectivity index (χ2v) is 3.60. The number of hydrogen-bond acceptors (Lipinski definition) is 4. The lowest BCUT2D eigenvalue weighted by molar-refractivity contribution is -0.145. The van der Waals surface area contributed by atoms with Gasteiger partial charge in [0.15, 0.2) is 0 Å². The summed E-state index contributed by atoms with van der Waals surface area (Å²) < 4.78 is 10.2. The molecule has 0 aromatic rings. The molecule has 0 aliphatic heterocycles. The van der Waals surface area contributed by atoms with Crippen LogP contribution in [0.2, 0.25) is 0 Å². The number of carbonyl (C=O) groups is 1. The first-order valence-corrected chi connectivity index (χ1v) is 6.23. The first kappa shape index (κ1) is 15.4. The van der Waals surface area contributed by atoms with Gasteiger partial charge in [0.05, 0.1) is 6.61 Å². The van der Waals surface area contributed by atoms with Gasteiger partial charge in [0.25, 0.3) is 0 Å². The van der Waals surface area contributed by atoms with Crippen molar-refractivity contribution < 1.29 is 14.3 Å². The third kappa shape index (κ3) is 7.65. The molecule has 1 N–H and O–H groups in total. The van der Waals surface area contributed by atoms with Crippen molar-refractivity contribution >= 4 is 5.97 Å². The quantitative estimate of drug-likeness (QED) is 0.459. The van der Waals surface area contributed by atoms with Gasteiger partial charge in [-0.1, -0.05) is 13.3 Å². The van der Waals surface area contributed by atoms with Gasteiger partial charge in [-0.25, -0.2) is 0 Å². The lowest BCUT2D eigenvalue weighted by atomic mass is 10.1. The van der Waals surface area contributed by atoms with Crippen LogP contribution in [0.15, 0.2) is 0 Å². The zero-order chi connectivity index (χ0) is 12.2. The molecule has 0 aliphatic carbocycles. The van der Waals surface area contributed by atoms with Crippen molar-refractivity contribution in [3.8, 4) is 0 Å². The van der Waals surface area contributed by atoms with Crippen LogP contribution in [0.3, 0.4) is 0 Å². The van der Waals surface area contributed by atoms with E-state index < -0.39 is 0 Å². The maximum Gasteiger partial charge on any atom is 0.323 e. The van der Waals surface area contributed by atoms with Gasteiger partial charge in [-0.05, 0) is 33.2 Å². The molecule has 1 atom stereocenters. The molecule has 0 saturated heterocycles. The van der Waals surface area contributed by atoms with E-state index in [-0.39, 0.29) is 12.0 Å². The fourth-order valence-electron chi connectivity index (χ4n) is 1.43. The molecule has 0 aromatic carbocycles. The predicted octanol–water partition coefficient (Wildman–Crippen LogP) is 1.73. The summed E-state index contributed by atoms with van der Waals surface area (Å²) in [6, 6.07) is -0.161. The highest BCUT2D eigenvalue weighted by molar-refractivity contribution is 5.75. The van der Waals surface area contributed by atoms with Crippen LogP contribution in [-0.4, -0.2) is 38.4 Å². The lowest BCUT2D eigenvalue weighted by Crippen LogP contribution is -2.38. The second-order valence-electron chi connectivity index (χ2n) is 3.60. The zero-order valence-corrected chi connectivity index (χ0v) is 10.8. The largest absolute Gasteiger partial charge is 0.465 e. The summed E-state index contributed by atoms with van der Waals surface area (Å²) in [6.45, 7) is 8.60. The normalized spacial score (nSPS) is 12.4. The van der Waals surface area contributed by atoms with Crippen molar-refractivity contribution in [2.75, 3.05) is 26.4 Å². The molecule has 96 valence electrons. The summed E-state index contributed by atoms with van der Waals surface area (Å²) in [5, 5.41) is 3.21. The van der Waals surface area contributed by atoms with Crippen LogP contribution in [0.25, 0.3) is 0 Å². The minimum atomic E-state index is -0.161. The van der Waals surface area contributed by atoms with E-state index in [4.69, 9.17) is 9.47 Å². The van der Waals surface area contributed by atoms with Crippen molar-refractivity contribution in [2.24, 2.45) is 0 Å². The Morgan fingerprint density at radius 3 is 2.56 bits per heavy atom. The number of esters is 1. The van der Waals surface area contributed by atoms with Crippen molar-refractivity contribution in [1.29, 1.82) is 0 Å². The highest BCUT2D eigenvalue weighted by Crippen LogP contribution is 1.99. The van der Waals surface area contributed by atoms with Crippen LogP contribution in [0.1, 0.15) is 40.0 Å². The van der Waals surface area contributed by atoms with Crippen LogP contribution in [0, 0.1) is 0 Å². The minimum absolute atomic E-state index is 0.138. The van der Waals surface area contributed by atoms with Gasteiger partial charge in [0.1, 0.15) is 6.04 Å². The number of carbonyl (C=O) groups excluding carboxylic acids is 1. The van der Waals surface area contributed by atoms with E-state index in [9.17, 15) is 4.79 Å². The smallest absolute Gasteiger partial charge is 0.323 e. The van der Waals surface area contributed by atoms with Crippen LogP contribution in [0.5, 0.6) is 0 Å². The molecule has 0 saturated carbocycles. The molecule has 0 bridgehead atoms. The van der Waals surface area contributed by atoms with Gasteiger partial charge < -0.3 is 14.8 Å². The zero-order valence-electron chi connectivity index (χ0n) is 10.8. The molecule has 0 rings (SSSR count). The topological polar surface area (TPSA) is 47.6 Å². The molecule has 0 heterocycles. The van der Waals surface area contributed by atoms with Gasteiger partial charge in [0.2, 0.25) is 0 Å². The summed E-state index contributed by atoms with van der Waals surface area (Å²) in [7, 11) is 0. The fraction of sp³-hybridized carbons (Fsp3) is 0.917. The molecule has 0 fully saturated rings. The highest BCUT2D eigenvalue weighted by Gasteiger charge is 2.17. The summed E-state index contributed by atoms with van der Waals surface area (Å²) in [5.74, 6) is -0.138. The summed E-state index contributed by atoms with van der Waals surface area (Å²) in [6.07, 6.45) is 2.73. The molecule has 1 unspecified atom stereocenters. The van der Waals surface area contributed by atoms with Crippen molar-refractivity contribution in [2.45, 2.75) is 46.1 Å². The van der Waals surface area contributed by atoms with E-state index in [0.717, 1.165) is 39.0 Å². The highest BCUT2D eigenvalue weighted by atomic mass is 16.5. The average molecular weight is 231 g/mol. The minimum Gasteiger partial charge on any atom is -0.465 e. The van der Waals surface area contributed by atoms with Crippen LogP contribution in [0.4, 0.5) is 0 Å². The van der Waals surface area contributed by atoms with Crippen molar-refractivity contribution in [1.82, 2.24) is 5.32 Å². The van der Waals surface area contributed by atoms with E-state index in [1.807, 2.05) is 13.8 Å². The summed E-state index contributed by atoms with van der Waals surface area (Å²) >= 11 is 0. The maximum absolute atomic E-state index is 11.5. The molecule has 0 radical (unpaired) electrons. The maximum atomic E-state index is 11.5. The first-order valence-electron chi connectivity index (χ1n) is 6.23. The Morgan fingerprint density at radius 2 is 2.00 bits per heavy atom. The molecule has 0 aliphatic rings. The monoisotopic (exact) mass is 231 g/mol. The van der Waals surface area contributed by atoms with Crippen LogP contribution in [-0.2, 0) is 14.3 Å². The van der Waals surface area contributed by atoms with Crippen LogP contribution >= 0.6 is 0 Å². The fourth-order valence-corrected chi connectivity index (χ4v) is 1.43. The number of ether oxygens (including phenoxy) is 2. The van der Waals surface area contributed by atoms with E-state index in [1.54, 1.807) is 0 Å². The molecule has 4 heteroatoms. The Bertz CT molecular complexity index is 174. The van der Waals surface area contributed by atoms with E-state index in [2.05, 4.69) is 12.2 Å². The SMILES string of the molecule is CCCC(NCCCOCC)C(=O)OCC. The Balaban J connectivity index is 3.71. The lowest BCUT2D eigenvalue weighted by Gasteiger charge is -2.16. The average Bonchev–Trinajstić information content (AvgIpc) is 2.27. The molecule has 4 nitrogen and oxygen atoms in total. The van der Waals surface area contributed by atoms with E-state index >= 15 is 0 Å². The number of nitrogens with one attached hydrogen (secondary N) is 1. The Hall–Kier alpha value is -0.610. The standard InChI is InChI=1S/C12H25NO3/c1-4-8-11(12(14)16-6-3)13-9-7-10-15-5-2/h11,13H,4-10H2,1-3H3. The molecule has 0 amide bonds. The van der Waals surface area contributed by atoms with Gasteiger partial charge in [-0.2, -0.15) is 0 Å². The summed E-state index contributed by atoms with van der Waals surface area (Å²) in [4.78, 5) is 11.5.